The Balaban J connectivity index is 1.95. The van der Waals surface area contributed by atoms with Gasteiger partial charge in [-0.15, -0.1) is 0 Å². The molecule has 10 heteroatoms. The number of fused-ring (bicyclic) bond motifs is 1. The second kappa shape index (κ2) is 7.40. The van der Waals surface area contributed by atoms with Crippen LogP contribution in [0, 0.1) is 0 Å². The lowest BCUT2D eigenvalue weighted by atomic mass is 10.0. The van der Waals surface area contributed by atoms with Gasteiger partial charge in [0.2, 0.25) is 0 Å². The Morgan fingerprint density at radius 2 is 1.79 bits per heavy atom. The summed E-state index contributed by atoms with van der Waals surface area (Å²) in [5.41, 5.74) is -1.18. The smallest absolute Gasteiger partial charge is 0.410 e. The third kappa shape index (κ3) is 3.89. The van der Waals surface area contributed by atoms with Crippen LogP contribution in [-0.2, 0) is 11.8 Å². The molecule has 0 atom stereocenters. The SMILES string of the molecule is Cn1c(=O)c(=O)n(C2CCN(C(=O)OC(C)(C)C)CC2)c2nc(Cl)c(Cl)cc21. The molecule has 3 heterocycles. The van der Waals surface area contributed by atoms with E-state index in [4.69, 9.17) is 27.9 Å². The molecule has 0 spiro atoms. The summed E-state index contributed by atoms with van der Waals surface area (Å²) in [6.45, 7) is 6.24. The third-order valence-corrected chi connectivity index (χ3v) is 5.34. The zero-order valence-electron chi connectivity index (χ0n) is 16.2. The van der Waals surface area contributed by atoms with Crippen LogP contribution in [0.3, 0.4) is 0 Å². The number of hydrogen-bond donors (Lipinski definition) is 0. The predicted octanol–water partition coefficient (Wildman–Crippen LogP) is 2.97. The van der Waals surface area contributed by atoms with Crippen molar-refractivity contribution >= 4 is 40.5 Å². The quantitative estimate of drug-likeness (QED) is 0.514. The number of likely N-dealkylation sites (tertiary alicyclic amines) is 1. The molecule has 0 saturated carbocycles. The number of nitrogens with zero attached hydrogens (tertiary/aromatic N) is 4. The van der Waals surface area contributed by atoms with Gasteiger partial charge in [0.15, 0.2) is 5.65 Å². The van der Waals surface area contributed by atoms with Gasteiger partial charge in [0, 0.05) is 26.2 Å². The number of piperidine rings is 1. The predicted molar refractivity (Wildman–Crippen MR) is 107 cm³/mol. The summed E-state index contributed by atoms with van der Waals surface area (Å²) in [4.78, 5) is 43.2. The van der Waals surface area contributed by atoms with Gasteiger partial charge in [0.05, 0.1) is 10.5 Å². The number of carbonyl (C=O) groups excluding carboxylic acids is 1. The Morgan fingerprint density at radius 3 is 2.36 bits per heavy atom. The van der Waals surface area contributed by atoms with Crippen molar-refractivity contribution in [2.24, 2.45) is 7.05 Å². The van der Waals surface area contributed by atoms with E-state index in [0.29, 0.717) is 37.1 Å². The molecule has 0 aliphatic carbocycles. The first kappa shape index (κ1) is 20.7. The van der Waals surface area contributed by atoms with E-state index in [-0.39, 0.29) is 22.3 Å². The summed E-state index contributed by atoms with van der Waals surface area (Å²) in [6.07, 6.45) is 0.590. The molecule has 1 fully saturated rings. The maximum absolute atomic E-state index is 12.7. The fourth-order valence-electron chi connectivity index (χ4n) is 3.30. The number of aromatic nitrogens is 3. The van der Waals surface area contributed by atoms with Crippen LogP contribution in [0.15, 0.2) is 15.7 Å². The van der Waals surface area contributed by atoms with Crippen molar-refractivity contribution in [3.8, 4) is 0 Å². The lowest BCUT2D eigenvalue weighted by Crippen LogP contribution is -2.46. The molecule has 1 saturated heterocycles. The first-order valence-corrected chi connectivity index (χ1v) is 9.70. The Bertz CT molecular complexity index is 1050. The summed E-state index contributed by atoms with van der Waals surface area (Å²) in [7, 11) is 1.49. The van der Waals surface area contributed by atoms with Crippen LogP contribution in [0.25, 0.3) is 11.2 Å². The van der Waals surface area contributed by atoms with Crippen LogP contribution in [0.4, 0.5) is 4.79 Å². The molecule has 1 aliphatic heterocycles. The molecule has 8 nitrogen and oxygen atoms in total. The van der Waals surface area contributed by atoms with Crippen LogP contribution in [0.1, 0.15) is 39.7 Å². The lowest BCUT2D eigenvalue weighted by Gasteiger charge is -2.34. The number of rotatable bonds is 1. The Labute approximate surface area is 171 Å². The largest absolute Gasteiger partial charge is 0.444 e. The average Bonchev–Trinajstić information content (AvgIpc) is 2.61. The summed E-state index contributed by atoms with van der Waals surface area (Å²) in [5, 5.41) is 0.265. The van der Waals surface area contributed by atoms with Gasteiger partial charge in [-0.1, -0.05) is 23.2 Å². The average molecular weight is 429 g/mol. The third-order valence-electron chi connectivity index (χ3n) is 4.67. The standard InChI is InChI=1S/C18H22Cl2N4O4/c1-18(2,3)28-17(27)23-7-5-10(6-8-23)24-14-12(9-11(19)13(20)21-14)22(4)15(25)16(24)26/h9-10H,5-8H2,1-4H3. The highest BCUT2D eigenvalue weighted by Crippen LogP contribution is 2.28. The zero-order chi connectivity index (χ0) is 20.8. The summed E-state index contributed by atoms with van der Waals surface area (Å²) >= 11 is 12.1. The second-order valence-electron chi connectivity index (χ2n) is 7.84. The number of aryl methyl sites for hydroxylation is 1. The van der Waals surface area contributed by atoms with E-state index in [9.17, 15) is 14.4 Å². The summed E-state index contributed by atoms with van der Waals surface area (Å²) < 4.78 is 8.00. The number of halogens is 2. The molecule has 3 rings (SSSR count). The first-order chi connectivity index (χ1) is 13.0. The maximum Gasteiger partial charge on any atom is 0.410 e. The molecule has 1 amide bonds. The highest BCUT2D eigenvalue weighted by molar-refractivity contribution is 6.41. The van der Waals surface area contributed by atoms with E-state index in [1.165, 1.54) is 22.2 Å². The minimum absolute atomic E-state index is 0.0622. The molecule has 28 heavy (non-hydrogen) atoms. The zero-order valence-corrected chi connectivity index (χ0v) is 17.7. The fraction of sp³-hybridized carbons (Fsp3) is 0.556. The molecule has 2 aromatic rings. The highest BCUT2D eigenvalue weighted by atomic mass is 35.5. The topological polar surface area (TPSA) is 86.4 Å². The van der Waals surface area contributed by atoms with Crippen LogP contribution in [0.5, 0.6) is 0 Å². The number of amides is 1. The maximum atomic E-state index is 12.7. The van der Waals surface area contributed by atoms with E-state index >= 15 is 0 Å². The molecule has 0 N–H and O–H groups in total. The van der Waals surface area contributed by atoms with Crippen molar-refractivity contribution in [1.29, 1.82) is 0 Å². The Hall–Kier alpha value is -2.06. The van der Waals surface area contributed by atoms with Crippen molar-refractivity contribution in [1.82, 2.24) is 19.0 Å². The van der Waals surface area contributed by atoms with Crippen molar-refractivity contribution < 1.29 is 9.53 Å². The molecular weight excluding hydrogens is 407 g/mol. The Kier molecular flexibility index (Phi) is 5.46. The molecule has 152 valence electrons. The van der Waals surface area contributed by atoms with Crippen molar-refractivity contribution in [3.63, 3.8) is 0 Å². The number of pyridine rings is 1. The van der Waals surface area contributed by atoms with Crippen LogP contribution < -0.4 is 11.1 Å². The Morgan fingerprint density at radius 1 is 1.18 bits per heavy atom. The molecule has 0 radical (unpaired) electrons. The molecule has 0 unspecified atom stereocenters. The van der Waals surface area contributed by atoms with E-state index in [1.54, 1.807) is 4.90 Å². The molecule has 0 aromatic carbocycles. The van der Waals surface area contributed by atoms with Crippen molar-refractivity contribution in [3.05, 3.63) is 36.9 Å². The van der Waals surface area contributed by atoms with Gasteiger partial charge in [-0.2, -0.15) is 0 Å². The van der Waals surface area contributed by atoms with Gasteiger partial charge in [0.1, 0.15) is 10.8 Å². The minimum Gasteiger partial charge on any atom is -0.444 e. The van der Waals surface area contributed by atoms with E-state index in [2.05, 4.69) is 4.98 Å². The molecule has 2 aromatic heterocycles. The van der Waals surface area contributed by atoms with Crippen molar-refractivity contribution in [2.45, 2.75) is 45.3 Å². The van der Waals surface area contributed by atoms with Gasteiger partial charge in [-0.3, -0.25) is 14.2 Å². The van der Waals surface area contributed by atoms with Crippen LogP contribution in [-0.4, -0.2) is 43.8 Å². The molecule has 0 bridgehead atoms. The van der Waals surface area contributed by atoms with Gasteiger partial charge in [0.25, 0.3) is 0 Å². The number of hydrogen-bond acceptors (Lipinski definition) is 5. The fourth-order valence-corrected chi connectivity index (χ4v) is 3.58. The van der Waals surface area contributed by atoms with E-state index in [1.807, 2.05) is 20.8 Å². The van der Waals surface area contributed by atoms with Crippen molar-refractivity contribution in [2.75, 3.05) is 13.1 Å². The summed E-state index contributed by atoms with van der Waals surface area (Å²) in [5.74, 6) is 0. The van der Waals surface area contributed by atoms with Crippen LogP contribution >= 0.6 is 23.2 Å². The normalized spacial score (nSPS) is 15.9. The molecular formula is C18H22Cl2N4O4. The number of carbonyl (C=O) groups is 1. The molecule has 1 aliphatic rings. The monoisotopic (exact) mass is 428 g/mol. The first-order valence-electron chi connectivity index (χ1n) is 8.95. The van der Waals surface area contributed by atoms with Gasteiger partial charge < -0.3 is 14.2 Å². The van der Waals surface area contributed by atoms with E-state index in [0.717, 1.165) is 0 Å². The van der Waals surface area contributed by atoms with Gasteiger partial charge in [-0.25, -0.2) is 9.78 Å². The van der Waals surface area contributed by atoms with Gasteiger partial charge in [-0.05, 0) is 39.7 Å². The number of ether oxygens (including phenoxy) is 1. The second-order valence-corrected chi connectivity index (χ2v) is 8.61. The van der Waals surface area contributed by atoms with E-state index < -0.39 is 16.7 Å². The summed E-state index contributed by atoms with van der Waals surface area (Å²) in [6, 6.07) is 1.24. The van der Waals surface area contributed by atoms with Crippen LogP contribution in [0.2, 0.25) is 10.2 Å². The lowest BCUT2D eigenvalue weighted by molar-refractivity contribution is 0.0188. The highest BCUT2D eigenvalue weighted by Gasteiger charge is 2.29. The van der Waals surface area contributed by atoms with Gasteiger partial charge >= 0.3 is 17.2 Å². The minimum atomic E-state index is -0.670.